The van der Waals surface area contributed by atoms with Crippen molar-refractivity contribution >= 4 is 5.69 Å². The molecule has 0 spiro atoms. The largest absolute Gasteiger partial charge is 0.399 e. The van der Waals surface area contributed by atoms with E-state index in [4.69, 9.17) is 5.73 Å². The summed E-state index contributed by atoms with van der Waals surface area (Å²) in [5.74, 6) is -0.251. The Hall–Kier alpha value is -1.05. The monoisotopic (exact) mass is 110 g/mol. The second kappa shape index (κ2) is 1.82. The van der Waals surface area contributed by atoms with Gasteiger partial charge in [-0.1, -0.05) is 0 Å². The molecule has 0 saturated carbocycles. The lowest BCUT2D eigenvalue weighted by Crippen LogP contribution is -1.82. The minimum absolute atomic E-state index is 0.251. The van der Waals surface area contributed by atoms with Crippen molar-refractivity contribution in [2.75, 3.05) is 5.73 Å². The standard InChI is InChI=1S/C6H6FN/c7-5-1-3-6(8)4-2-5/h1-4H,8H2/i7-1. The Labute approximate surface area is 46.9 Å². The highest BCUT2D eigenvalue weighted by Gasteiger charge is 1.83. The molecule has 0 aliphatic carbocycles. The quantitative estimate of drug-likeness (QED) is 0.502. The average Bonchev–Trinajstić information content (AvgIpc) is 1.77. The predicted molar refractivity (Wildman–Crippen MR) is 30.8 cm³/mol. The Morgan fingerprint density at radius 1 is 1.12 bits per heavy atom. The van der Waals surface area contributed by atoms with Gasteiger partial charge in [-0.2, -0.15) is 0 Å². The molecule has 8 heavy (non-hydrogen) atoms. The first-order valence-electron chi connectivity index (χ1n) is 2.30. The fourth-order valence-corrected chi connectivity index (χ4v) is 0.463. The lowest BCUT2D eigenvalue weighted by Gasteiger charge is -1.87. The van der Waals surface area contributed by atoms with E-state index in [-0.39, 0.29) is 5.82 Å². The zero-order valence-electron chi connectivity index (χ0n) is 4.26. The van der Waals surface area contributed by atoms with E-state index in [1.165, 1.54) is 24.3 Å². The SMILES string of the molecule is Nc1ccc([18F])cc1. The average molecular weight is 110 g/mol. The van der Waals surface area contributed by atoms with Crippen molar-refractivity contribution < 1.29 is 4.39 Å². The molecule has 0 amide bonds. The van der Waals surface area contributed by atoms with E-state index >= 15 is 0 Å². The van der Waals surface area contributed by atoms with Crippen LogP contribution in [0.2, 0.25) is 0 Å². The highest BCUT2D eigenvalue weighted by atomic mass is 18.2. The molecule has 0 aliphatic heterocycles. The summed E-state index contributed by atoms with van der Waals surface area (Å²) < 4.78 is 12.0. The zero-order chi connectivity index (χ0) is 5.98. The lowest BCUT2D eigenvalue weighted by molar-refractivity contribution is 0.628. The van der Waals surface area contributed by atoms with Gasteiger partial charge in [-0.25, -0.2) is 4.39 Å². The first-order chi connectivity index (χ1) is 3.79. The fourth-order valence-electron chi connectivity index (χ4n) is 0.463. The summed E-state index contributed by atoms with van der Waals surface area (Å²) in [7, 11) is 0. The Kier molecular flexibility index (Phi) is 1.16. The van der Waals surface area contributed by atoms with Crippen LogP contribution in [0.5, 0.6) is 0 Å². The Balaban J connectivity index is 3.03. The molecule has 0 fully saturated rings. The predicted octanol–water partition coefficient (Wildman–Crippen LogP) is 1.41. The van der Waals surface area contributed by atoms with Gasteiger partial charge in [0.2, 0.25) is 0 Å². The highest BCUT2D eigenvalue weighted by Crippen LogP contribution is 2.01. The van der Waals surface area contributed by atoms with Crippen LogP contribution in [0.3, 0.4) is 0 Å². The normalized spacial score (nSPS) is 9.12. The van der Waals surface area contributed by atoms with Crippen LogP contribution in [0.1, 0.15) is 0 Å². The van der Waals surface area contributed by atoms with Gasteiger partial charge in [0, 0.05) is 5.69 Å². The highest BCUT2D eigenvalue weighted by molar-refractivity contribution is 5.36. The van der Waals surface area contributed by atoms with Gasteiger partial charge in [-0.3, -0.25) is 0 Å². The first-order valence-corrected chi connectivity index (χ1v) is 2.30. The molecule has 0 radical (unpaired) electrons. The number of anilines is 1. The second-order valence-corrected chi connectivity index (χ2v) is 1.55. The first kappa shape index (κ1) is 5.09. The maximum atomic E-state index is 12.0. The minimum Gasteiger partial charge on any atom is -0.399 e. The lowest BCUT2D eigenvalue weighted by atomic mass is 10.3. The molecule has 1 aromatic rings. The summed E-state index contributed by atoms with van der Waals surface area (Å²) >= 11 is 0. The van der Waals surface area contributed by atoms with E-state index in [0.29, 0.717) is 5.69 Å². The summed E-state index contributed by atoms with van der Waals surface area (Å²) in [5, 5.41) is 0. The molecule has 0 aromatic heterocycles. The molecular formula is C6H6FN. The van der Waals surface area contributed by atoms with Crippen molar-refractivity contribution in [3.63, 3.8) is 0 Å². The molecule has 42 valence electrons. The topological polar surface area (TPSA) is 26.0 Å². The molecular weight excluding hydrogens is 104 g/mol. The smallest absolute Gasteiger partial charge is 0.123 e. The van der Waals surface area contributed by atoms with Crippen molar-refractivity contribution in [2.45, 2.75) is 0 Å². The third-order valence-corrected chi connectivity index (χ3v) is 0.870. The summed E-state index contributed by atoms with van der Waals surface area (Å²) in [6, 6.07) is 5.70. The van der Waals surface area contributed by atoms with Crippen LogP contribution in [-0.4, -0.2) is 0 Å². The van der Waals surface area contributed by atoms with Crippen LogP contribution in [0.4, 0.5) is 10.1 Å². The Morgan fingerprint density at radius 2 is 1.62 bits per heavy atom. The van der Waals surface area contributed by atoms with E-state index in [9.17, 15) is 4.39 Å². The van der Waals surface area contributed by atoms with Crippen LogP contribution >= 0.6 is 0 Å². The molecule has 0 aliphatic rings. The van der Waals surface area contributed by atoms with Crippen LogP contribution in [0, 0.1) is 5.82 Å². The molecule has 0 heterocycles. The molecule has 0 saturated heterocycles. The third kappa shape index (κ3) is 0.964. The van der Waals surface area contributed by atoms with Gasteiger partial charge >= 0.3 is 0 Å². The zero-order valence-corrected chi connectivity index (χ0v) is 4.26. The molecule has 0 bridgehead atoms. The van der Waals surface area contributed by atoms with Gasteiger partial charge in [-0.15, -0.1) is 0 Å². The number of halogens is 1. The number of nitrogen functional groups attached to an aromatic ring is 1. The third-order valence-electron chi connectivity index (χ3n) is 0.870. The maximum Gasteiger partial charge on any atom is 0.123 e. The van der Waals surface area contributed by atoms with E-state index in [2.05, 4.69) is 0 Å². The van der Waals surface area contributed by atoms with Crippen LogP contribution in [-0.2, 0) is 0 Å². The molecule has 1 rings (SSSR count). The van der Waals surface area contributed by atoms with Gasteiger partial charge in [0.15, 0.2) is 0 Å². The Morgan fingerprint density at radius 3 is 2.00 bits per heavy atom. The van der Waals surface area contributed by atoms with Gasteiger partial charge in [-0.05, 0) is 24.3 Å². The number of nitrogens with two attached hydrogens (primary N) is 1. The molecule has 1 aromatic carbocycles. The summed E-state index contributed by atoms with van der Waals surface area (Å²) in [6.45, 7) is 0. The minimum atomic E-state index is -0.251. The molecule has 2 heteroatoms. The summed E-state index contributed by atoms with van der Waals surface area (Å²) in [6.07, 6.45) is 0. The fraction of sp³-hybridized carbons (Fsp3) is 0. The van der Waals surface area contributed by atoms with Gasteiger partial charge in [0.1, 0.15) is 5.82 Å². The van der Waals surface area contributed by atoms with Crippen LogP contribution in [0.15, 0.2) is 24.3 Å². The number of rotatable bonds is 0. The Bertz CT molecular complexity index is 147. The van der Waals surface area contributed by atoms with E-state index in [1.807, 2.05) is 0 Å². The van der Waals surface area contributed by atoms with Crippen molar-refractivity contribution in [1.82, 2.24) is 0 Å². The van der Waals surface area contributed by atoms with Crippen molar-refractivity contribution in [3.05, 3.63) is 30.1 Å². The van der Waals surface area contributed by atoms with Gasteiger partial charge in [0.05, 0.1) is 0 Å². The molecule has 0 atom stereocenters. The maximum absolute atomic E-state index is 12.0. The number of hydrogen-bond acceptors (Lipinski definition) is 1. The van der Waals surface area contributed by atoms with Crippen molar-refractivity contribution in [2.24, 2.45) is 0 Å². The molecule has 1 nitrogen and oxygen atoms in total. The van der Waals surface area contributed by atoms with Gasteiger partial charge in [0.25, 0.3) is 0 Å². The van der Waals surface area contributed by atoms with Crippen molar-refractivity contribution in [1.29, 1.82) is 0 Å². The number of benzene rings is 1. The van der Waals surface area contributed by atoms with Crippen molar-refractivity contribution in [3.8, 4) is 0 Å². The second-order valence-electron chi connectivity index (χ2n) is 1.55. The van der Waals surface area contributed by atoms with E-state index in [1.54, 1.807) is 0 Å². The summed E-state index contributed by atoms with van der Waals surface area (Å²) in [5.41, 5.74) is 5.85. The molecule has 2 N–H and O–H groups in total. The van der Waals surface area contributed by atoms with E-state index in [0.717, 1.165) is 0 Å². The van der Waals surface area contributed by atoms with Crippen LogP contribution in [0.25, 0.3) is 0 Å². The summed E-state index contributed by atoms with van der Waals surface area (Å²) in [4.78, 5) is 0. The van der Waals surface area contributed by atoms with Gasteiger partial charge < -0.3 is 5.73 Å². The molecule has 0 unspecified atom stereocenters. The van der Waals surface area contributed by atoms with Crippen LogP contribution < -0.4 is 5.73 Å². The number of hydrogen-bond donors (Lipinski definition) is 1. The van der Waals surface area contributed by atoms with E-state index < -0.39 is 0 Å².